The van der Waals surface area contributed by atoms with Crippen molar-refractivity contribution in [1.82, 2.24) is 5.16 Å². The molecule has 0 fully saturated rings. The highest BCUT2D eigenvalue weighted by atomic mass is 35.5. The highest BCUT2D eigenvalue weighted by Gasteiger charge is 2.19. The Balaban J connectivity index is 0.00000385. The number of benzene rings is 2. The Morgan fingerprint density at radius 1 is 1.06 bits per heavy atom. The molecule has 2 aromatic carbocycles. The first-order valence-corrected chi connectivity index (χ1v) is 10.8. The Hall–Kier alpha value is -2.83. The lowest BCUT2D eigenvalue weighted by Gasteiger charge is -2.15. The number of nitrogens with zero attached hydrogens (tertiary/aromatic N) is 1. The molecule has 1 unspecified atom stereocenters. The number of carbonyl (C=O) groups excluding carboxylic acids is 1. The van der Waals surface area contributed by atoms with Gasteiger partial charge in [0, 0.05) is 35.6 Å². The average Bonchev–Trinajstić information content (AvgIpc) is 3.25. The molecule has 3 rings (SSSR count). The van der Waals surface area contributed by atoms with Gasteiger partial charge in [0.1, 0.15) is 17.3 Å². The van der Waals surface area contributed by atoms with Crippen molar-refractivity contribution in [2.45, 2.75) is 46.6 Å². The van der Waals surface area contributed by atoms with Crippen molar-refractivity contribution in [1.29, 1.82) is 0 Å². The van der Waals surface area contributed by atoms with Crippen molar-refractivity contribution in [2.24, 2.45) is 11.7 Å². The van der Waals surface area contributed by atoms with E-state index in [1.54, 1.807) is 20.4 Å². The molecule has 0 bridgehead atoms. The summed E-state index contributed by atoms with van der Waals surface area (Å²) in [5, 5.41) is 4.04. The van der Waals surface area contributed by atoms with E-state index < -0.39 is 0 Å². The predicted molar refractivity (Wildman–Crippen MR) is 133 cm³/mol. The molecule has 0 aliphatic rings. The third-order valence-electron chi connectivity index (χ3n) is 5.97. The van der Waals surface area contributed by atoms with Crippen molar-refractivity contribution in [2.75, 3.05) is 14.2 Å². The second-order valence-electron chi connectivity index (χ2n) is 8.54. The fourth-order valence-electron chi connectivity index (χ4n) is 3.69. The molecular formula is C26H33ClN2O4. The van der Waals surface area contributed by atoms with Gasteiger partial charge in [-0.3, -0.25) is 4.79 Å². The Labute approximate surface area is 201 Å². The lowest BCUT2D eigenvalue weighted by molar-refractivity contribution is -0.119. The van der Waals surface area contributed by atoms with Gasteiger partial charge < -0.3 is 19.7 Å². The van der Waals surface area contributed by atoms with Crippen molar-refractivity contribution < 1.29 is 18.8 Å². The summed E-state index contributed by atoms with van der Waals surface area (Å²) in [6.45, 7) is 8.11. The number of ether oxygens (including phenoxy) is 2. The summed E-state index contributed by atoms with van der Waals surface area (Å²) >= 11 is 0. The first-order valence-electron chi connectivity index (χ1n) is 10.8. The molecule has 0 amide bonds. The van der Waals surface area contributed by atoms with Gasteiger partial charge in [0.05, 0.1) is 20.4 Å². The van der Waals surface area contributed by atoms with Crippen LogP contribution in [0.2, 0.25) is 0 Å². The van der Waals surface area contributed by atoms with E-state index in [1.165, 1.54) is 0 Å². The number of hydrogen-bond acceptors (Lipinski definition) is 6. The molecule has 1 atom stereocenters. The van der Waals surface area contributed by atoms with Gasteiger partial charge >= 0.3 is 0 Å². The van der Waals surface area contributed by atoms with E-state index in [0.29, 0.717) is 17.9 Å². The first-order chi connectivity index (χ1) is 15.2. The monoisotopic (exact) mass is 472 g/mol. The molecule has 0 radical (unpaired) electrons. The second kappa shape index (κ2) is 11.3. The minimum atomic E-state index is -0.152. The average molecular weight is 473 g/mol. The van der Waals surface area contributed by atoms with Gasteiger partial charge in [-0.15, -0.1) is 12.4 Å². The van der Waals surface area contributed by atoms with E-state index in [-0.39, 0.29) is 36.6 Å². The van der Waals surface area contributed by atoms with Crippen molar-refractivity contribution in [3.8, 4) is 33.9 Å². The predicted octanol–water partition coefficient (Wildman–Crippen LogP) is 5.55. The zero-order valence-corrected chi connectivity index (χ0v) is 20.9. The molecule has 1 aromatic heterocycles. The number of aryl methyl sites for hydroxylation is 1. The molecular weight excluding hydrogens is 440 g/mol. The maximum absolute atomic E-state index is 12.6. The minimum absolute atomic E-state index is 0. The Morgan fingerprint density at radius 3 is 2.39 bits per heavy atom. The number of aromatic nitrogens is 1. The smallest absolute Gasteiger partial charge is 0.174 e. The molecule has 3 aromatic rings. The Kier molecular flexibility index (Phi) is 9.08. The number of hydrogen-bond donors (Lipinski definition) is 1. The van der Waals surface area contributed by atoms with Crippen molar-refractivity contribution in [3.05, 3.63) is 53.2 Å². The van der Waals surface area contributed by atoms with Crippen LogP contribution in [0.25, 0.3) is 22.5 Å². The molecule has 0 spiro atoms. The fourth-order valence-corrected chi connectivity index (χ4v) is 3.69. The minimum Gasteiger partial charge on any atom is -0.496 e. The van der Waals surface area contributed by atoms with Crippen LogP contribution >= 0.6 is 12.4 Å². The lowest BCUT2D eigenvalue weighted by Crippen LogP contribution is -2.29. The van der Waals surface area contributed by atoms with E-state index in [1.807, 2.05) is 52.0 Å². The van der Waals surface area contributed by atoms with Crippen LogP contribution in [-0.2, 0) is 11.2 Å². The van der Waals surface area contributed by atoms with Gasteiger partial charge in [-0.2, -0.15) is 0 Å². The quantitative estimate of drug-likeness (QED) is 0.439. The topological polar surface area (TPSA) is 87.6 Å². The number of ketones is 1. The molecule has 0 saturated heterocycles. The van der Waals surface area contributed by atoms with Crippen LogP contribution in [0.15, 0.2) is 41.1 Å². The number of halogens is 1. The summed E-state index contributed by atoms with van der Waals surface area (Å²) in [5.41, 5.74) is 11.7. The van der Waals surface area contributed by atoms with Gasteiger partial charge in [0.15, 0.2) is 5.76 Å². The summed E-state index contributed by atoms with van der Waals surface area (Å²) in [5.74, 6) is 2.46. The Bertz CT molecular complexity index is 1110. The van der Waals surface area contributed by atoms with Crippen LogP contribution < -0.4 is 15.2 Å². The van der Waals surface area contributed by atoms with E-state index >= 15 is 0 Å². The van der Waals surface area contributed by atoms with Gasteiger partial charge in [0.2, 0.25) is 0 Å². The fraction of sp³-hybridized carbons (Fsp3) is 0.385. The van der Waals surface area contributed by atoms with E-state index in [0.717, 1.165) is 39.1 Å². The van der Waals surface area contributed by atoms with Gasteiger partial charge in [-0.05, 0) is 60.7 Å². The van der Waals surface area contributed by atoms with Crippen molar-refractivity contribution >= 4 is 18.2 Å². The SMILES string of the molecule is COc1ccc(-c2cnoc2-c2cc(C)c(C)c(OC)c2)cc1CC(=O)CC(N)C(C)C.Cl. The molecule has 0 aliphatic heterocycles. The third kappa shape index (κ3) is 5.95. The molecule has 33 heavy (non-hydrogen) atoms. The summed E-state index contributed by atoms with van der Waals surface area (Å²) in [7, 11) is 3.26. The first kappa shape index (κ1) is 26.4. The van der Waals surface area contributed by atoms with Crippen molar-refractivity contribution in [3.63, 3.8) is 0 Å². The highest BCUT2D eigenvalue weighted by Crippen LogP contribution is 2.37. The number of nitrogens with two attached hydrogens (primary N) is 1. The highest BCUT2D eigenvalue weighted by molar-refractivity contribution is 5.85. The molecule has 178 valence electrons. The standard InChI is InChI=1S/C26H32N2O4.ClH/c1-15(2)23(27)13-21(29)11-19-10-18(7-8-24(19)30-5)22-14-28-32-26(22)20-9-16(3)17(4)25(12-20)31-6;/h7-10,12,14-15,23H,11,13,27H2,1-6H3;1H. The van der Waals surface area contributed by atoms with Crippen LogP contribution in [0, 0.1) is 19.8 Å². The van der Waals surface area contributed by atoms with Crippen LogP contribution in [0.4, 0.5) is 0 Å². The third-order valence-corrected chi connectivity index (χ3v) is 5.97. The number of Topliss-reactive ketones (excluding diaryl/α,β-unsaturated/α-hetero) is 1. The van der Waals surface area contributed by atoms with E-state index in [2.05, 4.69) is 11.2 Å². The molecule has 1 heterocycles. The number of carbonyl (C=O) groups is 1. The zero-order chi connectivity index (χ0) is 23.4. The van der Waals surface area contributed by atoms with Crippen LogP contribution in [0.5, 0.6) is 11.5 Å². The van der Waals surface area contributed by atoms with Gasteiger partial charge in [-0.25, -0.2) is 0 Å². The summed E-state index contributed by atoms with van der Waals surface area (Å²) in [4.78, 5) is 12.6. The zero-order valence-electron chi connectivity index (χ0n) is 20.1. The number of methoxy groups -OCH3 is 2. The Morgan fingerprint density at radius 2 is 1.76 bits per heavy atom. The van der Waals surface area contributed by atoms with Gasteiger partial charge in [-0.1, -0.05) is 25.1 Å². The summed E-state index contributed by atoms with van der Waals surface area (Å²) in [6.07, 6.45) is 2.29. The summed E-state index contributed by atoms with van der Waals surface area (Å²) in [6, 6.07) is 9.64. The largest absolute Gasteiger partial charge is 0.496 e. The van der Waals surface area contributed by atoms with E-state index in [9.17, 15) is 4.79 Å². The molecule has 0 aliphatic carbocycles. The second-order valence-corrected chi connectivity index (χ2v) is 8.54. The van der Waals surface area contributed by atoms with Crippen LogP contribution in [0.3, 0.4) is 0 Å². The van der Waals surface area contributed by atoms with Crippen LogP contribution in [-0.4, -0.2) is 31.2 Å². The normalized spacial score (nSPS) is 11.8. The summed E-state index contributed by atoms with van der Waals surface area (Å²) < 4.78 is 16.7. The molecule has 7 heteroatoms. The maximum Gasteiger partial charge on any atom is 0.174 e. The molecule has 0 saturated carbocycles. The lowest BCUT2D eigenvalue weighted by atomic mass is 9.94. The van der Waals surface area contributed by atoms with E-state index in [4.69, 9.17) is 19.7 Å². The van der Waals surface area contributed by atoms with Crippen LogP contribution in [0.1, 0.15) is 37.0 Å². The maximum atomic E-state index is 12.6. The van der Waals surface area contributed by atoms with Gasteiger partial charge in [0.25, 0.3) is 0 Å². The number of rotatable bonds is 9. The molecule has 6 nitrogen and oxygen atoms in total. The molecule has 2 N–H and O–H groups in total.